The van der Waals surface area contributed by atoms with E-state index in [1.165, 1.54) is 6.33 Å². The molecular formula is C14H19N3O3. The van der Waals surface area contributed by atoms with Gasteiger partial charge in [-0.3, -0.25) is 0 Å². The van der Waals surface area contributed by atoms with Gasteiger partial charge in [-0.15, -0.1) is 0 Å². The van der Waals surface area contributed by atoms with Crippen LogP contribution in [0.1, 0.15) is 31.3 Å². The second-order valence-electron chi connectivity index (χ2n) is 4.65. The molecule has 0 bridgehead atoms. The Morgan fingerprint density at radius 1 is 1.30 bits per heavy atom. The number of ether oxygens (including phenoxy) is 2. The van der Waals surface area contributed by atoms with Crippen LogP contribution in [0, 0.1) is 0 Å². The van der Waals surface area contributed by atoms with E-state index in [4.69, 9.17) is 9.47 Å². The van der Waals surface area contributed by atoms with E-state index in [2.05, 4.69) is 10.1 Å². The zero-order chi connectivity index (χ0) is 14.5. The summed E-state index contributed by atoms with van der Waals surface area (Å²) >= 11 is 0. The lowest BCUT2D eigenvalue weighted by Crippen LogP contribution is -2.11. The van der Waals surface area contributed by atoms with Crippen molar-refractivity contribution in [1.82, 2.24) is 14.8 Å². The van der Waals surface area contributed by atoms with Crippen LogP contribution in [0.3, 0.4) is 0 Å². The van der Waals surface area contributed by atoms with Gasteiger partial charge in [0.05, 0.1) is 13.7 Å². The van der Waals surface area contributed by atoms with Gasteiger partial charge < -0.3 is 14.6 Å². The van der Waals surface area contributed by atoms with Crippen LogP contribution in [-0.4, -0.2) is 27.0 Å². The molecule has 2 rings (SSSR count). The van der Waals surface area contributed by atoms with Crippen LogP contribution in [0.2, 0.25) is 0 Å². The van der Waals surface area contributed by atoms with Crippen LogP contribution in [0.25, 0.3) is 0 Å². The first kappa shape index (κ1) is 14.3. The van der Waals surface area contributed by atoms with Crippen LogP contribution in [0.4, 0.5) is 0 Å². The maximum absolute atomic E-state index is 9.17. The molecule has 0 saturated carbocycles. The highest BCUT2D eigenvalue weighted by Gasteiger charge is 2.11. The minimum Gasteiger partial charge on any atom is -0.493 e. The summed E-state index contributed by atoms with van der Waals surface area (Å²) in [5, 5.41) is 13.3. The topological polar surface area (TPSA) is 69.4 Å². The van der Waals surface area contributed by atoms with Crippen LogP contribution >= 0.6 is 0 Å². The molecular weight excluding hydrogens is 258 g/mol. The molecule has 1 heterocycles. The predicted octanol–water partition coefficient (Wildman–Crippen LogP) is 1.94. The number of aromatic nitrogens is 3. The van der Waals surface area contributed by atoms with Gasteiger partial charge in [-0.2, -0.15) is 5.10 Å². The second-order valence-corrected chi connectivity index (χ2v) is 4.65. The highest BCUT2D eigenvalue weighted by atomic mass is 16.5. The van der Waals surface area contributed by atoms with Crippen molar-refractivity contribution in [1.29, 1.82) is 0 Å². The first-order valence-electron chi connectivity index (χ1n) is 6.44. The quantitative estimate of drug-likeness (QED) is 0.873. The van der Waals surface area contributed by atoms with Crippen molar-refractivity contribution >= 4 is 0 Å². The molecule has 6 heteroatoms. The molecule has 0 amide bonds. The minimum absolute atomic E-state index is 0.0392. The number of hydrogen-bond acceptors (Lipinski definition) is 5. The number of methoxy groups -OCH3 is 1. The standard InChI is InChI=1S/C14H19N3O3/c1-10(2)17-14(15-9-16-17)8-20-13-6-11(7-18)4-5-12(13)19-3/h4-6,9-10,18H,7-8H2,1-3H3. The second kappa shape index (κ2) is 6.38. The number of aliphatic hydroxyl groups excluding tert-OH is 1. The molecule has 0 aliphatic carbocycles. The molecule has 20 heavy (non-hydrogen) atoms. The molecule has 0 atom stereocenters. The van der Waals surface area contributed by atoms with E-state index in [0.717, 1.165) is 11.4 Å². The lowest BCUT2D eigenvalue weighted by Gasteiger charge is -2.13. The van der Waals surface area contributed by atoms with Gasteiger partial charge in [0.2, 0.25) is 0 Å². The number of aliphatic hydroxyl groups is 1. The van der Waals surface area contributed by atoms with Gasteiger partial charge in [-0.05, 0) is 31.5 Å². The van der Waals surface area contributed by atoms with Crippen molar-refractivity contribution in [2.75, 3.05) is 7.11 Å². The number of nitrogens with zero attached hydrogens (tertiary/aromatic N) is 3. The minimum atomic E-state index is -0.0392. The van der Waals surface area contributed by atoms with Crippen molar-refractivity contribution in [2.24, 2.45) is 0 Å². The van der Waals surface area contributed by atoms with Crippen LogP contribution in [0.15, 0.2) is 24.5 Å². The largest absolute Gasteiger partial charge is 0.493 e. The Morgan fingerprint density at radius 2 is 2.10 bits per heavy atom. The molecule has 108 valence electrons. The van der Waals surface area contributed by atoms with Gasteiger partial charge in [-0.25, -0.2) is 9.67 Å². The summed E-state index contributed by atoms with van der Waals surface area (Å²) in [6, 6.07) is 5.55. The molecule has 2 aromatic rings. The van der Waals surface area contributed by atoms with Crippen LogP contribution < -0.4 is 9.47 Å². The number of hydrogen-bond donors (Lipinski definition) is 1. The summed E-state index contributed by atoms with van der Waals surface area (Å²) in [6.45, 7) is 4.32. The molecule has 0 aliphatic rings. The van der Waals surface area contributed by atoms with E-state index in [1.54, 1.807) is 25.3 Å². The van der Waals surface area contributed by atoms with Gasteiger partial charge in [0.1, 0.15) is 12.9 Å². The van der Waals surface area contributed by atoms with E-state index >= 15 is 0 Å². The molecule has 0 unspecified atom stereocenters. The maximum atomic E-state index is 9.17. The molecule has 0 spiro atoms. The Labute approximate surface area is 118 Å². The van der Waals surface area contributed by atoms with Crippen molar-refractivity contribution in [3.63, 3.8) is 0 Å². The summed E-state index contributed by atoms with van der Waals surface area (Å²) in [4.78, 5) is 4.19. The van der Waals surface area contributed by atoms with Gasteiger partial charge in [0.15, 0.2) is 17.3 Å². The summed E-state index contributed by atoms with van der Waals surface area (Å²) in [7, 11) is 1.58. The SMILES string of the molecule is COc1ccc(CO)cc1OCc1ncnn1C(C)C. The van der Waals surface area contributed by atoms with E-state index in [0.29, 0.717) is 18.1 Å². The fourth-order valence-electron chi connectivity index (χ4n) is 1.88. The Hall–Kier alpha value is -2.08. The first-order chi connectivity index (χ1) is 9.65. The van der Waals surface area contributed by atoms with Gasteiger partial charge in [-0.1, -0.05) is 6.07 Å². The summed E-state index contributed by atoms with van der Waals surface area (Å²) in [5.74, 6) is 1.95. The fourth-order valence-corrected chi connectivity index (χ4v) is 1.88. The van der Waals surface area contributed by atoms with Gasteiger partial charge >= 0.3 is 0 Å². The highest BCUT2D eigenvalue weighted by molar-refractivity contribution is 5.42. The lowest BCUT2D eigenvalue weighted by molar-refractivity contribution is 0.260. The summed E-state index contributed by atoms with van der Waals surface area (Å²) in [6.07, 6.45) is 1.51. The number of rotatable bonds is 6. The van der Waals surface area contributed by atoms with Crippen LogP contribution in [-0.2, 0) is 13.2 Å². The van der Waals surface area contributed by atoms with Crippen molar-refractivity contribution in [3.05, 3.63) is 35.9 Å². The molecule has 1 aromatic heterocycles. The predicted molar refractivity (Wildman–Crippen MR) is 73.7 cm³/mol. The Kier molecular flexibility index (Phi) is 4.57. The summed E-state index contributed by atoms with van der Waals surface area (Å²) < 4.78 is 12.8. The van der Waals surface area contributed by atoms with E-state index in [-0.39, 0.29) is 12.6 Å². The first-order valence-corrected chi connectivity index (χ1v) is 6.44. The van der Waals surface area contributed by atoms with E-state index in [1.807, 2.05) is 18.5 Å². The molecule has 1 N–H and O–H groups in total. The average molecular weight is 277 g/mol. The van der Waals surface area contributed by atoms with Gasteiger partial charge in [0.25, 0.3) is 0 Å². The molecule has 0 fully saturated rings. The maximum Gasteiger partial charge on any atom is 0.165 e. The number of benzene rings is 1. The molecule has 0 radical (unpaired) electrons. The van der Waals surface area contributed by atoms with Crippen molar-refractivity contribution in [3.8, 4) is 11.5 Å². The normalized spacial score (nSPS) is 10.8. The monoisotopic (exact) mass is 277 g/mol. The zero-order valence-corrected chi connectivity index (χ0v) is 11.9. The molecule has 6 nitrogen and oxygen atoms in total. The molecule has 0 aliphatic heterocycles. The van der Waals surface area contributed by atoms with Crippen molar-refractivity contribution < 1.29 is 14.6 Å². The Morgan fingerprint density at radius 3 is 2.75 bits per heavy atom. The summed E-state index contributed by atoms with van der Waals surface area (Å²) in [5.41, 5.74) is 0.770. The van der Waals surface area contributed by atoms with E-state index < -0.39 is 0 Å². The van der Waals surface area contributed by atoms with Crippen molar-refractivity contribution in [2.45, 2.75) is 33.1 Å². The fraction of sp³-hybridized carbons (Fsp3) is 0.429. The average Bonchev–Trinajstić information content (AvgIpc) is 2.93. The zero-order valence-electron chi connectivity index (χ0n) is 11.9. The third-order valence-corrected chi connectivity index (χ3v) is 2.90. The Bertz CT molecular complexity index is 567. The van der Waals surface area contributed by atoms with Gasteiger partial charge in [0, 0.05) is 6.04 Å². The third kappa shape index (κ3) is 3.08. The van der Waals surface area contributed by atoms with Crippen LogP contribution in [0.5, 0.6) is 11.5 Å². The Balaban J connectivity index is 2.15. The lowest BCUT2D eigenvalue weighted by atomic mass is 10.2. The highest BCUT2D eigenvalue weighted by Crippen LogP contribution is 2.28. The molecule has 0 saturated heterocycles. The van der Waals surface area contributed by atoms with E-state index in [9.17, 15) is 5.11 Å². The third-order valence-electron chi connectivity index (χ3n) is 2.90. The smallest absolute Gasteiger partial charge is 0.165 e. The molecule has 1 aromatic carbocycles.